The van der Waals surface area contributed by atoms with Gasteiger partial charge in [-0.2, -0.15) is 0 Å². The Kier molecular flexibility index (Phi) is 4.73. The van der Waals surface area contributed by atoms with Crippen LogP contribution in [-0.2, 0) is 6.42 Å². The third-order valence-corrected chi connectivity index (χ3v) is 4.73. The van der Waals surface area contributed by atoms with Gasteiger partial charge in [0.2, 0.25) is 0 Å². The third-order valence-electron chi connectivity index (χ3n) is 3.53. The first kappa shape index (κ1) is 16.1. The molecule has 6 heteroatoms. The Morgan fingerprint density at radius 3 is 2.91 bits per heavy atom. The van der Waals surface area contributed by atoms with Gasteiger partial charge in [0.05, 0.1) is 5.69 Å². The first-order valence-electron chi connectivity index (χ1n) is 7.24. The lowest BCUT2D eigenvalue weighted by molar-refractivity contribution is 0.102. The normalized spacial score (nSPS) is 10.9. The number of hydrogen-bond donors (Lipinski definition) is 1. The standard InChI is InChI=1S/C17H16BrN3OS/c1-3-14-16(21-10-11(18)7-8-15(21)20-14)17(22)19-12-5-4-6-13(9-12)23-2/h4-10H,3H2,1-2H3,(H,19,22). The van der Waals surface area contributed by atoms with Gasteiger partial charge in [-0.25, -0.2) is 4.98 Å². The van der Waals surface area contributed by atoms with E-state index in [2.05, 4.69) is 26.2 Å². The number of aryl methyl sites for hydroxylation is 1. The van der Waals surface area contributed by atoms with Gasteiger partial charge in [0.25, 0.3) is 5.91 Å². The van der Waals surface area contributed by atoms with Crippen LogP contribution in [0.15, 0.2) is 52.0 Å². The van der Waals surface area contributed by atoms with E-state index in [0.717, 1.165) is 26.4 Å². The zero-order chi connectivity index (χ0) is 16.4. The van der Waals surface area contributed by atoms with Crippen molar-refractivity contribution in [2.24, 2.45) is 0 Å². The molecule has 3 rings (SSSR count). The number of carbonyl (C=O) groups is 1. The number of rotatable bonds is 4. The van der Waals surface area contributed by atoms with Crippen molar-refractivity contribution in [2.75, 3.05) is 11.6 Å². The van der Waals surface area contributed by atoms with E-state index in [9.17, 15) is 4.79 Å². The fourth-order valence-corrected chi connectivity index (χ4v) is 3.24. The highest BCUT2D eigenvalue weighted by molar-refractivity contribution is 9.10. The number of imidazole rings is 1. The van der Waals surface area contributed by atoms with Crippen LogP contribution >= 0.6 is 27.7 Å². The van der Waals surface area contributed by atoms with Crippen molar-refractivity contribution < 1.29 is 4.79 Å². The fraction of sp³-hybridized carbons (Fsp3) is 0.176. The summed E-state index contributed by atoms with van der Waals surface area (Å²) in [5, 5.41) is 2.98. The molecule has 0 fully saturated rings. The largest absolute Gasteiger partial charge is 0.321 e. The SMILES string of the molecule is CCc1nc2ccc(Br)cn2c1C(=O)Nc1cccc(SC)c1. The lowest BCUT2D eigenvalue weighted by Crippen LogP contribution is -2.16. The van der Waals surface area contributed by atoms with Crippen molar-refractivity contribution in [3.05, 3.63) is 58.5 Å². The maximum atomic E-state index is 12.8. The lowest BCUT2D eigenvalue weighted by Gasteiger charge is -2.08. The van der Waals surface area contributed by atoms with Crippen LogP contribution in [0.25, 0.3) is 5.65 Å². The van der Waals surface area contributed by atoms with Gasteiger partial charge in [-0.15, -0.1) is 11.8 Å². The molecule has 0 radical (unpaired) electrons. The van der Waals surface area contributed by atoms with Crippen LogP contribution < -0.4 is 5.32 Å². The van der Waals surface area contributed by atoms with Gasteiger partial charge in [0, 0.05) is 21.3 Å². The second-order valence-corrected chi connectivity index (χ2v) is 6.82. The molecular weight excluding hydrogens is 374 g/mol. The number of benzene rings is 1. The quantitative estimate of drug-likeness (QED) is 0.661. The Hall–Kier alpha value is -1.79. The summed E-state index contributed by atoms with van der Waals surface area (Å²) in [6.45, 7) is 2.00. The van der Waals surface area contributed by atoms with Gasteiger partial charge in [-0.3, -0.25) is 9.20 Å². The molecule has 4 nitrogen and oxygen atoms in total. The van der Waals surface area contributed by atoms with Crippen LogP contribution in [0.2, 0.25) is 0 Å². The van der Waals surface area contributed by atoms with Gasteiger partial charge in [0.1, 0.15) is 11.3 Å². The number of amides is 1. The predicted molar refractivity (Wildman–Crippen MR) is 98.4 cm³/mol. The van der Waals surface area contributed by atoms with E-state index in [1.54, 1.807) is 11.8 Å². The summed E-state index contributed by atoms with van der Waals surface area (Å²) in [5.74, 6) is -0.147. The number of nitrogens with one attached hydrogen (secondary N) is 1. The van der Waals surface area contributed by atoms with Crippen LogP contribution in [0.3, 0.4) is 0 Å². The van der Waals surface area contributed by atoms with Crippen LogP contribution in [0.1, 0.15) is 23.1 Å². The van der Waals surface area contributed by atoms with Crippen molar-refractivity contribution in [3.63, 3.8) is 0 Å². The van der Waals surface area contributed by atoms with Crippen LogP contribution in [0, 0.1) is 0 Å². The number of aromatic nitrogens is 2. The van der Waals surface area contributed by atoms with Crippen molar-refractivity contribution >= 4 is 44.9 Å². The molecule has 0 bridgehead atoms. The highest BCUT2D eigenvalue weighted by Crippen LogP contribution is 2.22. The molecule has 0 spiro atoms. The molecule has 2 heterocycles. The molecule has 118 valence electrons. The second kappa shape index (κ2) is 6.76. The zero-order valence-electron chi connectivity index (χ0n) is 12.8. The van der Waals surface area contributed by atoms with E-state index in [-0.39, 0.29) is 5.91 Å². The highest BCUT2D eigenvalue weighted by atomic mass is 79.9. The first-order chi connectivity index (χ1) is 11.1. The van der Waals surface area contributed by atoms with Crippen molar-refractivity contribution in [1.29, 1.82) is 0 Å². The Morgan fingerprint density at radius 2 is 2.17 bits per heavy atom. The number of nitrogens with zero attached hydrogens (tertiary/aromatic N) is 2. The number of fused-ring (bicyclic) bond motifs is 1. The van der Waals surface area contributed by atoms with E-state index in [1.165, 1.54) is 0 Å². The molecule has 0 aliphatic heterocycles. The maximum Gasteiger partial charge on any atom is 0.274 e. The second-order valence-electron chi connectivity index (χ2n) is 5.02. The number of hydrogen-bond acceptors (Lipinski definition) is 3. The number of pyridine rings is 1. The molecule has 0 saturated carbocycles. The van der Waals surface area contributed by atoms with E-state index in [0.29, 0.717) is 12.1 Å². The minimum absolute atomic E-state index is 0.147. The molecule has 23 heavy (non-hydrogen) atoms. The van der Waals surface area contributed by atoms with Gasteiger partial charge in [-0.1, -0.05) is 13.0 Å². The van der Waals surface area contributed by atoms with Crippen molar-refractivity contribution in [3.8, 4) is 0 Å². The molecule has 2 aromatic heterocycles. The summed E-state index contributed by atoms with van der Waals surface area (Å²) in [7, 11) is 0. The van der Waals surface area contributed by atoms with E-state index in [4.69, 9.17) is 0 Å². The minimum Gasteiger partial charge on any atom is -0.321 e. The third kappa shape index (κ3) is 3.28. The molecular formula is C17H16BrN3OS. The van der Waals surface area contributed by atoms with E-state index in [1.807, 2.05) is 60.2 Å². The van der Waals surface area contributed by atoms with Crippen molar-refractivity contribution in [2.45, 2.75) is 18.2 Å². The molecule has 1 aromatic carbocycles. The highest BCUT2D eigenvalue weighted by Gasteiger charge is 2.18. The number of halogens is 1. The average Bonchev–Trinajstić information content (AvgIpc) is 2.92. The molecule has 0 saturated heterocycles. The summed E-state index contributed by atoms with van der Waals surface area (Å²) in [6, 6.07) is 11.6. The van der Waals surface area contributed by atoms with Crippen LogP contribution in [0.5, 0.6) is 0 Å². The summed E-state index contributed by atoms with van der Waals surface area (Å²) in [5.41, 5.74) is 2.93. The fourth-order valence-electron chi connectivity index (χ4n) is 2.45. The molecule has 1 amide bonds. The van der Waals surface area contributed by atoms with E-state index >= 15 is 0 Å². The van der Waals surface area contributed by atoms with Gasteiger partial charge < -0.3 is 5.32 Å². The van der Waals surface area contributed by atoms with Gasteiger partial charge >= 0.3 is 0 Å². The number of anilines is 1. The van der Waals surface area contributed by atoms with Crippen LogP contribution in [-0.4, -0.2) is 21.5 Å². The average molecular weight is 390 g/mol. The molecule has 1 N–H and O–H groups in total. The Labute approximate surface area is 147 Å². The predicted octanol–water partition coefficient (Wildman–Crippen LogP) is 4.63. The minimum atomic E-state index is -0.147. The van der Waals surface area contributed by atoms with Gasteiger partial charge in [0.15, 0.2) is 0 Å². The summed E-state index contributed by atoms with van der Waals surface area (Å²) < 4.78 is 2.74. The van der Waals surface area contributed by atoms with E-state index < -0.39 is 0 Å². The molecule has 0 unspecified atom stereocenters. The molecule has 0 aliphatic carbocycles. The summed E-state index contributed by atoms with van der Waals surface area (Å²) in [4.78, 5) is 18.4. The monoisotopic (exact) mass is 389 g/mol. The topological polar surface area (TPSA) is 46.4 Å². The summed E-state index contributed by atoms with van der Waals surface area (Å²) >= 11 is 5.09. The van der Waals surface area contributed by atoms with Crippen LogP contribution in [0.4, 0.5) is 5.69 Å². The maximum absolute atomic E-state index is 12.8. The Balaban J connectivity index is 2.01. The zero-order valence-corrected chi connectivity index (χ0v) is 15.2. The molecule has 0 atom stereocenters. The molecule has 0 aliphatic rings. The van der Waals surface area contributed by atoms with Gasteiger partial charge in [-0.05, 0) is 58.9 Å². The smallest absolute Gasteiger partial charge is 0.274 e. The first-order valence-corrected chi connectivity index (χ1v) is 9.26. The Bertz CT molecular complexity index is 875. The lowest BCUT2D eigenvalue weighted by atomic mass is 10.2. The Morgan fingerprint density at radius 1 is 1.35 bits per heavy atom. The number of carbonyl (C=O) groups excluding carboxylic acids is 1. The number of thioether (sulfide) groups is 1. The summed E-state index contributed by atoms with van der Waals surface area (Å²) in [6.07, 6.45) is 4.58. The molecule has 3 aromatic rings. The van der Waals surface area contributed by atoms with Crippen molar-refractivity contribution in [1.82, 2.24) is 9.38 Å².